The van der Waals surface area contributed by atoms with Crippen molar-refractivity contribution in [2.24, 2.45) is 0 Å². The van der Waals surface area contributed by atoms with Gasteiger partial charge in [-0.15, -0.1) is 0 Å². The molecule has 2 aliphatic rings. The Kier molecular flexibility index (Phi) is 7.91. The third-order valence-corrected chi connectivity index (χ3v) is 7.12. The average Bonchev–Trinajstić information content (AvgIpc) is 2.87. The van der Waals surface area contributed by atoms with E-state index in [0.29, 0.717) is 25.3 Å². The molecule has 2 N–H and O–H groups in total. The summed E-state index contributed by atoms with van der Waals surface area (Å²) < 4.78 is 26.7. The quantitative estimate of drug-likeness (QED) is 0.508. The van der Waals surface area contributed by atoms with E-state index in [9.17, 15) is 18.8 Å². The van der Waals surface area contributed by atoms with Gasteiger partial charge in [0.05, 0.1) is 24.3 Å². The van der Waals surface area contributed by atoms with Crippen molar-refractivity contribution in [1.82, 2.24) is 20.0 Å². The molecule has 0 saturated carbocycles. The zero-order valence-electron chi connectivity index (χ0n) is 22.3. The Bertz CT molecular complexity index is 1310. The maximum Gasteiger partial charge on any atom is 0.317 e. The molecule has 200 valence electrons. The molecule has 38 heavy (non-hydrogen) atoms. The molecule has 0 aromatic heterocycles. The molecule has 2 amide bonds. The molecule has 0 bridgehead atoms. The van der Waals surface area contributed by atoms with Crippen molar-refractivity contribution in [3.8, 4) is 6.07 Å². The molecule has 1 saturated heterocycles. The number of anilines is 1. The van der Waals surface area contributed by atoms with Gasteiger partial charge in [0.1, 0.15) is 23.9 Å². The fraction of sp³-hybridized carbons (Fsp3) is 0.379. The molecular weight excluding hydrogens is 486 g/mol. The second-order valence-electron chi connectivity index (χ2n) is 9.81. The number of likely N-dealkylation sites (tertiary alicyclic amines) is 1. The Morgan fingerprint density at radius 2 is 2.05 bits per heavy atom. The van der Waals surface area contributed by atoms with Gasteiger partial charge in [-0.05, 0) is 62.2 Å². The number of amides is 2. The number of nitriles is 1. The highest BCUT2D eigenvalue weighted by atomic mass is 19.1. The van der Waals surface area contributed by atoms with Gasteiger partial charge in [-0.3, -0.25) is 0 Å². The summed E-state index contributed by atoms with van der Waals surface area (Å²) in [6.07, 6.45) is 1.20. The number of benzene rings is 2. The number of hydrogen-bond donors (Lipinski definition) is 2. The molecule has 0 radical (unpaired) electrons. The van der Waals surface area contributed by atoms with Gasteiger partial charge in [-0.25, -0.2) is 13.6 Å². The second-order valence-corrected chi connectivity index (χ2v) is 9.81. The second kappa shape index (κ2) is 11.1. The van der Waals surface area contributed by atoms with Crippen LogP contribution in [0.1, 0.15) is 47.7 Å². The van der Waals surface area contributed by atoms with Crippen molar-refractivity contribution in [3.05, 3.63) is 76.4 Å². The number of aryl methyl sites for hydroxylation is 1. The average molecular weight is 521 g/mol. The predicted octanol–water partition coefficient (Wildman–Crippen LogP) is 5.08. The monoisotopic (exact) mass is 520 g/mol. The number of fused-ring (bicyclic) bond motifs is 1. The van der Waals surface area contributed by atoms with Crippen LogP contribution in [-0.2, 0) is 0 Å². The smallest absolute Gasteiger partial charge is 0.317 e. The lowest BCUT2D eigenvalue weighted by Gasteiger charge is -2.39. The molecule has 2 aromatic rings. The Balaban J connectivity index is 1.59. The number of alkyl halides is 1. The molecule has 0 spiro atoms. The van der Waals surface area contributed by atoms with Crippen LogP contribution in [0.4, 0.5) is 19.3 Å². The van der Waals surface area contributed by atoms with Crippen LogP contribution in [0.2, 0.25) is 0 Å². The highest BCUT2D eigenvalue weighted by molar-refractivity contribution is 5.81. The summed E-state index contributed by atoms with van der Waals surface area (Å²) in [5.41, 5.74) is 5.82. The van der Waals surface area contributed by atoms with Crippen LogP contribution in [0.25, 0.3) is 11.8 Å². The van der Waals surface area contributed by atoms with Gasteiger partial charge >= 0.3 is 6.03 Å². The minimum atomic E-state index is -0.927. The van der Waals surface area contributed by atoms with E-state index in [1.165, 1.54) is 17.0 Å². The van der Waals surface area contributed by atoms with Crippen LogP contribution in [0.5, 0.6) is 0 Å². The first-order valence-electron chi connectivity index (χ1n) is 12.8. The number of urea groups is 1. The van der Waals surface area contributed by atoms with Crippen LogP contribution >= 0.6 is 0 Å². The fourth-order valence-corrected chi connectivity index (χ4v) is 4.91. The summed E-state index contributed by atoms with van der Waals surface area (Å²) in [5, 5.41) is 15.7. The molecular formula is C29H34F2N6O. The maximum absolute atomic E-state index is 13.7. The predicted molar refractivity (Wildman–Crippen MR) is 146 cm³/mol. The van der Waals surface area contributed by atoms with Crippen LogP contribution in [0.3, 0.4) is 0 Å². The van der Waals surface area contributed by atoms with Crippen molar-refractivity contribution < 1.29 is 13.6 Å². The van der Waals surface area contributed by atoms with E-state index >= 15 is 0 Å². The largest absolute Gasteiger partial charge is 0.377 e. The summed E-state index contributed by atoms with van der Waals surface area (Å²) >= 11 is 0. The Hall–Kier alpha value is -4.06. The lowest BCUT2D eigenvalue weighted by molar-refractivity contribution is 0.0895. The van der Waals surface area contributed by atoms with Gasteiger partial charge in [0.25, 0.3) is 0 Å². The summed E-state index contributed by atoms with van der Waals surface area (Å²) in [5.74, 6) is 0.496. The first-order chi connectivity index (χ1) is 18.1. The Morgan fingerprint density at radius 1 is 1.32 bits per heavy atom. The molecule has 2 aromatic carbocycles. The number of likely N-dealkylation sites (N-methyl/N-ethyl adjacent to an activating group) is 1. The van der Waals surface area contributed by atoms with Crippen molar-refractivity contribution in [2.45, 2.75) is 33.0 Å². The minimum Gasteiger partial charge on any atom is -0.377 e. The number of nitrogens with zero attached hydrogens (tertiary/aromatic N) is 4. The molecule has 7 nitrogen and oxygen atoms in total. The molecule has 9 heteroatoms. The Labute approximate surface area is 223 Å². The molecule has 1 atom stereocenters. The first kappa shape index (κ1) is 27.0. The van der Waals surface area contributed by atoms with E-state index < -0.39 is 12.0 Å². The van der Waals surface area contributed by atoms with E-state index in [1.54, 1.807) is 6.07 Å². The van der Waals surface area contributed by atoms with E-state index in [-0.39, 0.29) is 30.7 Å². The molecule has 2 heterocycles. The van der Waals surface area contributed by atoms with E-state index in [4.69, 9.17) is 0 Å². The van der Waals surface area contributed by atoms with Gasteiger partial charge < -0.3 is 25.3 Å². The first-order valence-corrected chi connectivity index (χ1v) is 12.8. The topological polar surface area (TPSA) is 74.6 Å². The Morgan fingerprint density at radius 3 is 2.71 bits per heavy atom. The van der Waals surface area contributed by atoms with Gasteiger partial charge in [0.15, 0.2) is 0 Å². The summed E-state index contributed by atoms with van der Waals surface area (Å²) in [6.45, 7) is 12.5. The maximum atomic E-state index is 13.7. The van der Waals surface area contributed by atoms with E-state index in [1.807, 2.05) is 25.8 Å². The number of nitrogens with one attached hydrogen (secondary N) is 2. The molecule has 0 aliphatic carbocycles. The van der Waals surface area contributed by atoms with E-state index in [0.717, 1.165) is 33.8 Å². The van der Waals surface area contributed by atoms with Gasteiger partial charge in [-0.1, -0.05) is 18.2 Å². The lowest BCUT2D eigenvalue weighted by Crippen LogP contribution is -2.55. The number of carbonyl (C=O) groups excluding carboxylic acids is 1. The SMILES string of the molecule is C=C1c2cc(C)cc([C@@H](C)Nc3ccc(F)cc3C#N)c2C=C(N(CC)CCNC(=O)N2CC(F)C2)N1C. The molecule has 1 fully saturated rings. The van der Waals surface area contributed by atoms with Crippen molar-refractivity contribution >= 4 is 23.5 Å². The van der Waals surface area contributed by atoms with Crippen molar-refractivity contribution in [1.29, 1.82) is 5.26 Å². The zero-order valence-corrected chi connectivity index (χ0v) is 22.3. The molecule has 2 aliphatic heterocycles. The van der Waals surface area contributed by atoms with Gasteiger partial charge in [-0.2, -0.15) is 5.26 Å². The highest BCUT2D eigenvalue weighted by Crippen LogP contribution is 2.38. The lowest BCUT2D eigenvalue weighted by atomic mass is 9.90. The van der Waals surface area contributed by atoms with Crippen molar-refractivity contribution in [3.63, 3.8) is 0 Å². The standard InChI is InChI=1S/C29H34F2N6O/c1-6-36(10-9-33-29(38)37-16-23(31)17-37)28-14-26-24(11-18(2)12-25(26)20(4)35(28)5)19(3)34-27-8-7-22(30)13-21(27)15-32/h7-8,11-14,19,23,34H,4,6,9-10,16-17H2,1-3,5H3,(H,33,38)/t19-/m1/s1. The van der Waals surface area contributed by atoms with Gasteiger partial charge in [0, 0.05) is 44.0 Å². The molecule has 0 unspecified atom stereocenters. The normalized spacial score (nSPS) is 15.7. The summed E-state index contributed by atoms with van der Waals surface area (Å²) in [7, 11) is 1.97. The molecule has 4 rings (SSSR count). The van der Waals surface area contributed by atoms with Crippen LogP contribution < -0.4 is 10.6 Å². The van der Waals surface area contributed by atoms with Crippen LogP contribution in [0.15, 0.2) is 42.7 Å². The number of hydrogen-bond acceptors (Lipinski definition) is 5. The third kappa shape index (κ3) is 5.44. The van der Waals surface area contributed by atoms with E-state index in [2.05, 4.69) is 53.3 Å². The minimum absolute atomic E-state index is 0.149. The highest BCUT2D eigenvalue weighted by Gasteiger charge is 2.30. The number of halogens is 2. The van der Waals surface area contributed by atoms with Crippen molar-refractivity contribution in [2.75, 3.05) is 45.1 Å². The van der Waals surface area contributed by atoms with Crippen LogP contribution in [-0.4, -0.2) is 66.7 Å². The fourth-order valence-electron chi connectivity index (χ4n) is 4.91. The third-order valence-electron chi connectivity index (χ3n) is 7.12. The summed E-state index contributed by atoms with van der Waals surface area (Å²) in [4.78, 5) is 17.9. The zero-order chi connectivity index (χ0) is 27.6. The van der Waals surface area contributed by atoms with Gasteiger partial charge in [0.2, 0.25) is 0 Å². The van der Waals surface area contributed by atoms with Crippen LogP contribution in [0, 0.1) is 24.1 Å². The summed E-state index contributed by atoms with van der Waals surface area (Å²) in [6, 6.07) is 10.0. The number of rotatable bonds is 8. The number of carbonyl (C=O) groups is 1.